The molecule has 176 valence electrons. The second-order valence-electron chi connectivity index (χ2n) is 8.75. The Kier molecular flexibility index (Phi) is 7.26. The van der Waals surface area contributed by atoms with Gasteiger partial charge in [0.25, 0.3) is 5.91 Å². The van der Waals surface area contributed by atoms with Crippen molar-refractivity contribution >= 4 is 17.2 Å². The van der Waals surface area contributed by atoms with Gasteiger partial charge in [0.15, 0.2) is 5.65 Å². The van der Waals surface area contributed by atoms with Crippen molar-refractivity contribution in [2.75, 3.05) is 24.5 Å². The van der Waals surface area contributed by atoms with Crippen LogP contribution in [0, 0.1) is 20.8 Å². The summed E-state index contributed by atoms with van der Waals surface area (Å²) in [7, 11) is 0. The van der Waals surface area contributed by atoms with Crippen LogP contribution < -0.4 is 10.2 Å². The van der Waals surface area contributed by atoms with Crippen molar-refractivity contribution in [1.82, 2.24) is 19.9 Å². The molecule has 0 unspecified atom stereocenters. The van der Waals surface area contributed by atoms with Crippen LogP contribution in [-0.4, -0.2) is 40.1 Å². The van der Waals surface area contributed by atoms with Gasteiger partial charge in [0.1, 0.15) is 5.56 Å². The van der Waals surface area contributed by atoms with Gasteiger partial charge in [-0.1, -0.05) is 42.5 Å². The van der Waals surface area contributed by atoms with E-state index in [-0.39, 0.29) is 5.91 Å². The zero-order valence-electron chi connectivity index (χ0n) is 20.5. The molecule has 2 heterocycles. The predicted octanol–water partition coefficient (Wildman–Crippen LogP) is 4.89. The summed E-state index contributed by atoms with van der Waals surface area (Å²) >= 11 is 0. The lowest BCUT2D eigenvalue weighted by molar-refractivity contribution is 0.0955. The number of carbonyl (C=O) groups is 1. The number of benzene rings is 2. The first kappa shape index (κ1) is 23.5. The van der Waals surface area contributed by atoms with Crippen molar-refractivity contribution in [3.05, 3.63) is 94.4 Å². The minimum Gasteiger partial charge on any atom is -0.372 e. The molecule has 2 aromatic heterocycles. The van der Waals surface area contributed by atoms with Crippen LogP contribution in [0.1, 0.15) is 51.8 Å². The van der Waals surface area contributed by atoms with E-state index >= 15 is 0 Å². The van der Waals surface area contributed by atoms with Gasteiger partial charge in [-0.3, -0.25) is 4.79 Å². The zero-order chi connectivity index (χ0) is 24.1. The Labute approximate surface area is 201 Å². The largest absolute Gasteiger partial charge is 0.372 e. The normalized spacial score (nSPS) is 11.1. The third-order valence-electron chi connectivity index (χ3n) is 6.32. The third kappa shape index (κ3) is 5.11. The molecule has 0 fully saturated rings. The molecule has 0 bridgehead atoms. The van der Waals surface area contributed by atoms with E-state index in [2.05, 4.69) is 65.6 Å². The van der Waals surface area contributed by atoms with Gasteiger partial charge in [-0.25, -0.2) is 9.50 Å². The molecule has 1 N–H and O–H groups in total. The molecule has 0 saturated carbocycles. The summed E-state index contributed by atoms with van der Waals surface area (Å²) in [4.78, 5) is 20.0. The number of rotatable bonds is 9. The number of amides is 1. The maximum absolute atomic E-state index is 12.9. The number of fused-ring (bicyclic) bond motifs is 1. The lowest BCUT2D eigenvalue weighted by Gasteiger charge is -2.23. The van der Waals surface area contributed by atoms with Crippen LogP contribution in [0.3, 0.4) is 0 Å². The van der Waals surface area contributed by atoms with Crippen LogP contribution >= 0.6 is 0 Å². The van der Waals surface area contributed by atoms with E-state index < -0.39 is 0 Å². The second kappa shape index (κ2) is 10.5. The lowest BCUT2D eigenvalue weighted by atomic mass is 10.0. The van der Waals surface area contributed by atoms with E-state index in [0.717, 1.165) is 42.9 Å². The minimum absolute atomic E-state index is 0.129. The Bertz CT molecular complexity index is 1280. The third-order valence-corrected chi connectivity index (χ3v) is 6.32. The zero-order valence-corrected chi connectivity index (χ0v) is 20.5. The molecule has 2 aromatic carbocycles. The van der Waals surface area contributed by atoms with Crippen LogP contribution in [0.25, 0.3) is 5.65 Å². The first-order valence-electron chi connectivity index (χ1n) is 12.0. The van der Waals surface area contributed by atoms with E-state index in [1.807, 2.05) is 32.0 Å². The number of anilines is 1. The van der Waals surface area contributed by atoms with Gasteiger partial charge in [0.2, 0.25) is 0 Å². The monoisotopic (exact) mass is 455 g/mol. The standard InChI is InChI=1S/C28H33N5O/c1-5-32(24-14-9-11-20(2)17-24)16-10-15-29-28(34)26-19-30-33-22(4)25(21(3)31-27(26)33)18-23-12-7-6-8-13-23/h6-9,11-14,17,19H,5,10,15-16,18H2,1-4H3,(H,29,34). The molecule has 4 aromatic rings. The van der Waals surface area contributed by atoms with Crippen molar-refractivity contribution in [2.24, 2.45) is 0 Å². The fourth-order valence-corrected chi connectivity index (χ4v) is 4.39. The highest BCUT2D eigenvalue weighted by molar-refractivity contribution is 5.99. The maximum atomic E-state index is 12.9. The fourth-order valence-electron chi connectivity index (χ4n) is 4.39. The Morgan fingerprint density at radius 1 is 1.06 bits per heavy atom. The number of aromatic nitrogens is 3. The van der Waals surface area contributed by atoms with Crippen LogP contribution in [-0.2, 0) is 6.42 Å². The molecule has 0 aliphatic carbocycles. The predicted molar refractivity (Wildman–Crippen MR) is 138 cm³/mol. The van der Waals surface area contributed by atoms with E-state index in [4.69, 9.17) is 4.98 Å². The summed E-state index contributed by atoms with van der Waals surface area (Å²) < 4.78 is 1.79. The van der Waals surface area contributed by atoms with Crippen molar-refractivity contribution in [1.29, 1.82) is 0 Å². The summed E-state index contributed by atoms with van der Waals surface area (Å²) in [6, 6.07) is 18.9. The fraction of sp³-hybridized carbons (Fsp3) is 0.321. The molecule has 34 heavy (non-hydrogen) atoms. The van der Waals surface area contributed by atoms with Crippen LogP contribution in [0.4, 0.5) is 5.69 Å². The quantitative estimate of drug-likeness (QED) is 0.365. The molecular formula is C28H33N5O. The van der Waals surface area contributed by atoms with Gasteiger partial charge in [-0.15, -0.1) is 0 Å². The van der Waals surface area contributed by atoms with Crippen molar-refractivity contribution in [2.45, 2.75) is 40.5 Å². The SMILES string of the molecule is CCN(CCCNC(=O)c1cnn2c(C)c(Cc3ccccc3)c(C)nc12)c1cccc(C)c1. The number of nitrogens with one attached hydrogen (secondary N) is 1. The number of carbonyl (C=O) groups excluding carboxylic acids is 1. The van der Waals surface area contributed by atoms with Crippen LogP contribution in [0.5, 0.6) is 0 Å². The molecule has 0 radical (unpaired) electrons. The van der Waals surface area contributed by atoms with Crippen LogP contribution in [0.2, 0.25) is 0 Å². The second-order valence-corrected chi connectivity index (χ2v) is 8.75. The molecule has 0 saturated heterocycles. The van der Waals surface area contributed by atoms with E-state index in [1.165, 1.54) is 16.8 Å². The molecule has 0 aliphatic rings. The topological polar surface area (TPSA) is 62.5 Å². The van der Waals surface area contributed by atoms with E-state index in [1.54, 1.807) is 10.7 Å². The molecule has 0 aliphatic heterocycles. The molecule has 1 amide bonds. The van der Waals surface area contributed by atoms with Gasteiger partial charge >= 0.3 is 0 Å². The molecule has 6 heteroatoms. The number of nitrogens with zero attached hydrogens (tertiary/aromatic N) is 4. The Morgan fingerprint density at radius 3 is 2.59 bits per heavy atom. The molecular weight excluding hydrogens is 422 g/mol. The first-order chi connectivity index (χ1) is 16.5. The maximum Gasteiger partial charge on any atom is 0.256 e. The van der Waals surface area contributed by atoms with Gasteiger partial charge in [-0.2, -0.15) is 5.10 Å². The van der Waals surface area contributed by atoms with E-state index in [9.17, 15) is 4.79 Å². The average Bonchev–Trinajstić information content (AvgIpc) is 3.26. The number of hydrogen-bond acceptors (Lipinski definition) is 4. The summed E-state index contributed by atoms with van der Waals surface area (Å²) in [5.41, 5.74) is 7.92. The van der Waals surface area contributed by atoms with Gasteiger partial charge in [-0.05, 0) is 62.9 Å². The van der Waals surface area contributed by atoms with Crippen molar-refractivity contribution in [3.8, 4) is 0 Å². The molecule has 4 rings (SSSR count). The smallest absolute Gasteiger partial charge is 0.256 e. The Morgan fingerprint density at radius 2 is 1.85 bits per heavy atom. The molecule has 6 nitrogen and oxygen atoms in total. The summed E-state index contributed by atoms with van der Waals surface area (Å²) in [6.45, 7) is 10.7. The first-order valence-corrected chi connectivity index (χ1v) is 12.0. The number of aryl methyl sites for hydroxylation is 3. The summed E-state index contributed by atoms with van der Waals surface area (Å²) in [5.74, 6) is -0.129. The van der Waals surface area contributed by atoms with Gasteiger partial charge in [0.05, 0.1) is 6.20 Å². The Hall–Kier alpha value is -3.67. The molecule has 0 spiro atoms. The molecule has 0 atom stereocenters. The number of hydrogen-bond donors (Lipinski definition) is 1. The van der Waals surface area contributed by atoms with Gasteiger partial charge < -0.3 is 10.2 Å². The summed E-state index contributed by atoms with van der Waals surface area (Å²) in [5, 5.41) is 7.54. The highest BCUT2D eigenvalue weighted by atomic mass is 16.1. The minimum atomic E-state index is -0.129. The highest BCUT2D eigenvalue weighted by Gasteiger charge is 2.18. The van der Waals surface area contributed by atoms with Crippen molar-refractivity contribution in [3.63, 3.8) is 0 Å². The summed E-state index contributed by atoms with van der Waals surface area (Å²) in [6.07, 6.45) is 3.28. The van der Waals surface area contributed by atoms with E-state index in [0.29, 0.717) is 17.8 Å². The lowest BCUT2D eigenvalue weighted by Crippen LogP contribution is -2.30. The average molecular weight is 456 g/mol. The highest BCUT2D eigenvalue weighted by Crippen LogP contribution is 2.20. The van der Waals surface area contributed by atoms with Crippen LogP contribution in [0.15, 0.2) is 60.8 Å². The van der Waals surface area contributed by atoms with Gasteiger partial charge in [0, 0.05) is 43.1 Å². The van der Waals surface area contributed by atoms with Crippen molar-refractivity contribution < 1.29 is 4.79 Å². The Balaban J connectivity index is 1.42.